The van der Waals surface area contributed by atoms with Crippen molar-refractivity contribution in [3.63, 3.8) is 0 Å². The molecule has 0 spiro atoms. The number of rotatable bonds is 10. The molecule has 4 N–H and O–H groups in total. The van der Waals surface area contributed by atoms with Crippen molar-refractivity contribution in [2.45, 2.75) is 12.5 Å². The van der Waals surface area contributed by atoms with Crippen molar-refractivity contribution in [3.05, 3.63) is 89.4 Å². The third-order valence-electron chi connectivity index (χ3n) is 4.47. The number of benzene rings is 3. The van der Waals surface area contributed by atoms with Gasteiger partial charge in [0.2, 0.25) is 0 Å². The van der Waals surface area contributed by atoms with Crippen molar-refractivity contribution in [2.24, 2.45) is 0 Å². The maximum atomic E-state index is 10.0. The molecule has 3 aromatic rings. The van der Waals surface area contributed by atoms with Crippen LogP contribution in [0.1, 0.15) is 5.56 Å². The van der Waals surface area contributed by atoms with E-state index in [9.17, 15) is 5.11 Å². The van der Waals surface area contributed by atoms with Crippen molar-refractivity contribution in [1.29, 1.82) is 0 Å². The molecule has 0 heterocycles. The first-order valence-electron chi connectivity index (χ1n) is 10.1. The lowest BCUT2D eigenvalue weighted by atomic mass is 10.1. The van der Waals surface area contributed by atoms with E-state index in [1.807, 2.05) is 66.7 Å². The van der Waals surface area contributed by atoms with Crippen LogP contribution >= 0.6 is 36.2 Å². The molecule has 0 aliphatic carbocycles. The number of nitrogens with one attached hydrogen (secondary N) is 3. The van der Waals surface area contributed by atoms with Gasteiger partial charge in [0.15, 0.2) is 5.11 Å². The molecule has 0 saturated heterocycles. The normalized spacial score (nSPS) is 11.2. The summed E-state index contributed by atoms with van der Waals surface area (Å²) in [6, 6.07) is 25.0. The Kier molecular flexibility index (Phi) is 11.3. The molecule has 0 amide bonds. The number of para-hydroxylation sites is 1. The third kappa shape index (κ3) is 9.42. The van der Waals surface area contributed by atoms with Gasteiger partial charge in [0.05, 0.1) is 0 Å². The highest BCUT2D eigenvalue weighted by Crippen LogP contribution is 2.15. The van der Waals surface area contributed by atoms with Gasteiger partial charge in [0.25, 0.3) is 0 Å². The molecule has 0 aliphatic heterocycles. The first-order valence-corrected chi connectivity index (χ1v) is 10.9. The molecule has 0 saturated carbocycles. The van der Waals surface area contributed by atoms with Crippen molar-refractivity contribution in [3.8, 4) is 5.75 Å². The van der Waals surface area contributed by atoms with Crippen LogP contribution in [0.5, 0.6) is 5.75 Å². The van der Waals surface area contributed by atoms with Gasteiger partial charge in [0, 0.05) is 22.9 Å². The highest BCUT2D eigenvalue weighted by atomic mass is 35.5. The van der Waals surface area contributed by atoms with Crippen molar-refractivity contribution >= 4 is 52.7 Å². The zero-order valence-corrected chi connectivity index (χ0v) is 19.9. The van der Waals surface area contributed by atoms with Gasteiger partial charge in [-0.25, -0.2) is 0 Å². The van der Waals surface area contributed by atoms with E-state index in [0.717, 1.165) is 30.1 Å². The Bertz CT molecular complexity index is 942. The molecule has 0 unspecified atom stereocenters. The predicted octanol–water partition coefficient (Wildman–Crippen LogP) is 5.14. The Hall–Kier alpha value is -2.35. The molecule has 5 nitrogen and oxygen atoms in total. The van der Waals surface area contributed by atoms with E-state index in [0.29, 0.717) is 16.7 Å². The third-order valence-corrected chi connectivity index (χ3v) is 4.93. The van der Waals surface area contributed by atoms with E-state index in [-0.39, 0.29) is 19.0 Å². The Labute approximate surface area is 205 Å². The summed E-state index contributed by atoms with van der Waals surface area (Å²) < 4.78 is 5.55. The molecule has 0 aliphatic rings. The second-order valence-electron chi connectivity index (χ2n) is 7.01. The quantitative estimate of drug-likeness (QED) is 0.232. The van der Waals surface area contributed by atoms with Crippen LogP contribution < -0.4 is 20.7 Å². The summed E-state index contributed by atoms with van der Waals surface area (Å²) in [5.74, 6) is 0.762. The van der Waals surface area contributed by atoms with Gasteiger partial charge >= 0.3 is 0 Å². The fourth-order valence-electron chi connectivity index (χ4n) is 2.85. The predicted molar refractivity (Wildman–Crippen MR) is 140 cm³/mol. The molecule has 3 rings (SSSR count). The number of thiocarbonyl (C=S) groups is 1. The van der Waals surface area contributed by atoms with E-state index in [2.05, 4.69) is 28.1 Å². The van der Waals surface area contributed by atoms with Crippen LogP contribution in [-0.4, -0.2) is 36.0 Å². The maximum Gasteiger partial charge on any atom is 0.175 e. The van der Waals surface area contributed by atoms with Crippen LogP contribution in [0.4, 0.5) is 11.4 Å². The van der Waals surface area contributed by atoms with E-state index >= 15 is 0 Å². The van der Waals surface area contributed by atoms with E-state index in [1.165, 1.54) is 5.56 Å². The monoisotopic (exact) mass is 491 g/mol. The highest BCUT2D eigenvalue weighted by molar-refractivity contribution is 7.80. The van der Waals surface area contributed by atoms with E-state index in [1.54, 1.807) is 0 Å². The van der Waals surface area contributed by atoms with Crippen molar-refractivity contribution in [2.75, 3.05) is 30.3 Å². The molecule has 0 fully saturated rings. The summed E-state index contributed by atoms with van der Waals surface area (Å²) in [5, 5.41) is 20.8. The topological polar surface area (TPSA) is 65.5 Å². The number of aliphatic hydroxyl groups is 1. The average Bonchev–Trinajstić information content (AvgIpc) is 2.78. The number of hydrogen-bond acceptors (Lipinski definition) is 4. The second-order valence-corrected chi connectivity index (χ2v) is 7.86. The molecule has 3 aromatic carbocycles. The van der Waals surface area contributed by atoms with Gasteiger partial charge in [-0.3, -0.25) is 0 Å². The van der Waals surface area contributed by atoms with E-state index in [4.69, 9.17) is 28.6 Å². The number of ether oxygens (including phenoxy) is 1. The molecule has 0 bridgehead atoms. The Balaban J connectivity index is 0.00000363. The summed E-state index contributed by atoms with van der Waals surface area (Å²) in [4.78, 5) is 0. The summed E-state index contributed by atoms with van der Waals surface area (Å²) >= 11 is 11.2. The van der Waals surface area contributed by atoms with Crippen LogP contribution in [0.3, 0.4) is 0 Å². The minimum atomic E-state index is -0.555. The molecular weight excluding hydrogens is 465 g/mol. The summed E-state index contributed by atoms with van der Waals surface area (Å²) in [6.45, 7) is 1.52. The van der Waals surface area contributed by atoms with Crippen molar-refractivity contribution in [1.82, 2.24) is 5.32 Å². The fourth-order valence-corrected chi connectivity index (χ4v) is 3.21. The number of anilines is 2. The summed E-state index contributed by atoms with van der Waals surface area (Å²) in [6.07, 6.45) is 0.306. The second kappa shape index (κ2) is 13.9. The molecule has 1 atom stereocenters. The number of aliphatic hydroxyl groups excluding tert-OH is 1. The molecule has 170 valence electrons. The van der Waals surface area contributed by atoms with Gasteiger partial charge in [-0.1, -0.05) is 41.9 Å². The standard InChI is InChI=1S/C24H26ClN3O2S.ClH/c25-19-8-12-21(13-9-19)28-24(31)27-20-10-6-18(7-11-20)14-15-26-16-22(29)17-30-23-4-2-1-3-5-23;/h1-13,22,26,29H,14-17H2,(H2,27,28,31);1H/t22-;/m0./s1. The Morgan fingerprint density at radius 1 is 0.906 bits per heavy atom. The SMILES string of the molecule is Cl.O[C@@H](CNCCc1ccc(NC(=S)Nc2ccc(Cl)cc2)cc1)COc1ccccc1. The fraction of sp³-hybridized carbons (Fsp3) is 0.208. The molecule has 0 radical (unpaired) electrons. The molecule has 0 aromatic heterocycles. The first kappa shape index (κ1) is 25.9. The van der Waals surface area contributed by atoms with Gasteiger partial charge in [0.1, 0.15) is 18.5 Å². The molecular formula is C24H27Cl2N3O2S. The van der Waals surface area contributed by atoms with Crippen LogP contribution in [0.2, 0.25) is 5.02 Å². The first-order chi connectivity index (χ1) is 15.1. The number of hydrogen-bond donors (Lipinski definition) is 4. The molecule has 32 heavy (non-hydrogen) atoms. The highest BCUT2D eigenvalue weighted by Gasteiger charge is 2.05. The zero-order valence-electron chi connectivity index (χ0n) is 17.5. The summed E-state index contributed by atoms with van der Waals surface area (Å²) in [5.41, 5.74) is 2.99. The minimum absolute atomic E-state index is 0. The summed E-state index contributed by atoms with van der Waals surface area (Å²) in [7, 11) is 0. The lowest BCUT2D eigenvalue weighted by molar-refractivity contribution is 0.106. The van der Waals surface area contributed by atoms with Crippen molar-refractivity contribution < 1.29 is 9.84 Å². The van der Waals surface area contributed by atoms with E-state index < -0.39 is 6.10 Å². The van der Waals surface area contributed by atoms with Gasteiger partial charge < -0.3 is 25.8 Å². The lowest BCUT2D eigenvalue weighted by Crippen LogP contribution is -2.32. The van der Waals surface area contributed by atoms with Crippen LogP contribution in [-0.2, 0) is 6.42 Å². The zero-order chi connectivity index (χ0) is 21.9. The number of halogens is 2. The maximum absolute atomic E-state index is 10.0. The van der Waals surface area contributed by atoms with Crippen LogP contribution in [0, 0.1) is 0 Å². The smallest absolute Gasteiger partial charge is 0.175 e. The largest absolute Gasteiger partial charge is 0.491 e. The van der Waals surface area contributed by atoms with Gasteiger partial charge in [-0.05, 0) is 79.3 Å². The molecule has 8 heteroatoms. The van der Waals surface area contributed by atoms with Gasteiger partial charge in [-0.15, -0.1) is 12.4 Å². The van der Waals surface area contributed by atoms with Crippen LogP contribution in [0.15, 0.2) is 78.9 Å². The Morgan fingerprint density at radius 3 is 2.12 bits per heavy atom. The van der Waals surface area contributed by atoms with Crippen LogP contribution in [0.25, 0.3) is 0 Å². The lowest BCUT2D eigenvalue weighted by Gasteiger charge is -2.13. The average molecular weight is 492 g/mol. The minimum Gasteiger partial charge on any atom is -0.491 e. The van der Waals surface area contributed by atoms with Gasteiger partial charge in [-0.2, -0.15) is 0 Å². The Morgan fingerprint density at radius 2 is 1.50 bits per heavy atom.